The molecule has 7 heteroatoms. The first-order valence-electron chi connectivity index (χ1n) is 9.88. The van der Waals surface area contributed by atoms with Crippen molar-refractivity contribution >= 4 is 28.1 Å². The van der Waals surface area contributed by atoms with Crippen molar-refractivity contribution in [2.75, 3.05) is 31.2 Å². The number of hydrogen-bond acceptors (Lipinski definition) is 7. The van der Waals surface area contributed by atoms with Crippen LogP contribution in [0.15, 0.2) is 29.1 Å². The molecular weight excluding hydrogens is 370 g/mol. The molecule has 0 aliphatic carbocycles. The molecule has 0 saturated carbocycles. The van der Waals surface area contributed by atoms with E-state index in [1.54, 1.807) is 11.3 Å². The lowest BCUT2D eigenvalue weighted by atomic mass is 9.98. The average molecular weight is 396 g/mol. The minimum atomic E-state index is 0.185. The van der Waals surface area contributed by atoms with E-state index < -0.39 is 0 Å². The van der Waals surface area contributed by atoms with Crippen molar-refractivity contribution in [3.63, 3.8) is 0 Å². The molecule has 2 saturated heterocycles. The second kappa shape index (κ2) is 7.40. The fourth-order valence-corrected chi connectivity index (χ4v) is 5.02. The fraction of sp³-hybridized carbons (Fsp3) is 0.429. The van der Waals surface area contributed by atoms with Crippen molar-refractivity contribution in [2.24, 2.45) is 0 Å². The Morgan fingerprint density at radius 1 is 1.29 bits per heavy atom. The van der Waals surface area contributed by atoms with E-state index in [0.29, 0.717) is 6.04 Å². The highest BCUT2D eigenvalue weighted by molar-refractivity contribution is 7.08. The Morgan fingerprint density at radius 2 is 2.21 bits per heavy atom. The molecule has 2 aliphatic heterocycles. The minimum Gasteiger partial charge on any atom is -0.377 e. The zero-order chi connectivity index (χ0) is 19.1. The van der Waals surface area contributed by atoms with Gasteiger partial charge in [0.2, 0.25) is 0 Å². The summed E-state index contributed by atoms with van der Waals surface area (Å²) in [5, 5.41) is 5.62. The number of hydrogen-bond donors (Lipinski definition) is 2. The van der Waals surface area contributed by atoms with Crippen LogP contribution >= 0.6 is 11.3 Å². The molecule has 2 atom stereocenters. The first-order chi connectivity index (χ1) is 13.7. The van der Waals surface area contributed by atoms with Crippen LogP contribution in [0.3, 0.4) is 0 Å². The van der Waals surface area contributed by atoms with Gasteiger partial charge in [-0.1, -0.05) is 0 Å². The van der Waals surface area contributed by atoms with Crippen LogP contribution in [-0.2, 0) is 4.74 Å². The summed E-state index contributed by atoms with van der Waals surface area (Å²) >= 11 is 1.75. The van der Waals surface area contributed by atoms with Crippen LogP contribution in [0.2, 0.25) is 0 Å². The molecule has 0 aromatic carbocycles. The molecule has 2 N–H and O–H groups in total. The summed E-state index contributed by atoms with van der Waals surface area (Å²) in [5.41, 5.74) is 12.4. The number of hydrazine groups is 1. The number of aromatic nitrogens is 2. The Hall–Kier alpha value is -2.06. The van der Waals surface area contributed by atoms with Gasteiger partial charge in [-0.05, 0) is 59.9 Å². The maximum atomic E-state index is 5.65. The number of fused-ring (bicyclic) bond motifs is 1. The van der Waals surface area contributed by atoms with E-state index >= 15 is 0 Å². The van der Waals surface area contributed by atoms with Crippen molar-refractivity contribution in [1.29, 1.82) is 0 Å². The van der Waals surface area contributed by atoms with Gasteiger partial charge >= 0.3 is 0 Å². The lowest BCUT2D eigenvalue weighted by molar-refractivity contribution is 0.0986. The second-order valence-electron chi connectivity index (χ2n) is 7.62. The molecule has 1 unspecified atom stereocenters. The minimum absolute atomic E-state index is 0.185. The molecule has 0 radical (unpaired) electrons. The Bertz CT molecular complexity index is 998. The van der Waals surface area contributed by atoms with Gasteiger partial charge in [0.05, 0.1) is 36.5 Å². The van der Waals surface area contributed by atoms with Crippen molar-refractivity contribution < 1.29 is 4.74 Å². The van der Waals surface area contributed by atoms with Gasteiger partial charge in [0.1, 0.15) is 5.82 Å². The van der Waals surface area contributed by atoms with Gasteiger partial charge < -0.3 is 9.64 Å². The van der Waals surface area contributed by atoms with E-state index in [1.807, 2.05) is 6.20 Å². The fourth-order valence-electron chi connectivity index (χ4n) is 4.18. The van der Waals surface area contributed by atoms with Crippen LogP contribution < -0.4 is 15.8 Å². The SMILES string of the molecule is Cc1cscc1-c1cc(N2CCOC[C@H]2C)nc2c(C3CCNN3)nccc12. The normalized spacial score (nSPS) is 22.9. The van der Waals surface area contributed by atoms with Crippen LogP contribution in [0.25, 0.3) is 22.0 Å². The summed E-state index contributed by atoms with van der Waals surface area (Å²) in [5.74, 6) is 1.02. The predicted molar refractivity (Wildman–Crippen MR) is 114 cm³/mol. The highest BCUT2D eigenvalue weighted by Gasteiger charge is 2.25. The number of nitrogens with zero attached hydrogens (tertiary/aromatic N) is 3. The summed E-state index contributed by atoms with van der Waals surface area (Å²) in [4.78, 5) is 12.2. The van der Waals surface area contributed by atoms with Crippen LogP contribution in [0.1, 0.15) is 30.6 Å². The van der Waals surface area contributed by atoms with Crippen LogP contribution in [0.5, 0.6) is 0 Å². The number of rotatable bonds is 3. The molecular formula is C21H25N5OS. The maximum absolute atomic E-state index is 5.65. The van der Waals surface area contributed by atoms with Crippen LogP contribution in [0.4, 0.5) is 5.82 Å². The molecule has 28 heavy (non-hydrogen) atoms. The Balaban J connectivity index is 1.74. The molecule has 2 fully saturated rings. The monoisotopic (exact) mass is 395 g/mol. The summed E-state index contributed by atoms with van der Waals surface area (Å²) in [6.07, 6.45) is 2.93. The lowest BCUT2D eigenvalue weighted by Crippen LogP contribution is -2.44. The maximum Gasteiger partial charge on any atom is 0.130 e. The van der Waals surface area contributed by atoms with E-state index in [4.69, 9.17) is 14.7 Å². The highest BCUT2D eigenvalue weighted by atomic mass is 32.1. The summed E-state index contributed by atoms with van der Waals surface area (Å²) in [6, 6.07) is 4.85. The quantitative estimate of drug-likeness (QED) is 0.708. The summed E-state index contributed by atoms with van der Waals surface area (Å²) < 4.78 is 5.65. The summed E-state index contributed by atoms with van der Waals surface area (Å²) in [6.45, 7) is 7.66. The van der Waals surface area contributed by atoms with Crippen molar-refractivity contribution in [3.8, 4) is 11.1 Å². The number of thiophene rings is 1. The zero-order valence-corrected chi connectivity index (χ0v) is 17.1. The molecule has 5 rings (SSSR count). The number of pyridine rings is 2. The van der Waals surface area contributed by atoms with Gasteiger partial charge in [0.15, 0.2) is 0 Å². The molecule has 0 amide bonds. The number of ether oxygens (including phenoxy) is 1. The standard InChI is InChI=1S/C21H25N5OS/c1-13-11-28-12-17(13)16-9-19(26-7-8-27-10-14(26)2)24-20-15(16)3-5-22-21(20)18-4-6-23-25-18/h3,5,9,11-12,14,18,23,25H,4,6-8,10H2,1-2H3/t14-,18?/m1/s1. The van der Waals surface area contributed by atoms with Crippen LogP contribution in [-0.4, -0.2) is 42.3 Å². The van der Waals surface area contributed by atoms with Crippen molar-refractivity contribution in [1.82, 2.24) is 20.8 Å². The van der Waals surface area contributed by atoms with Gasteiger partial charge in [-0.3, -0.25) is 10.4 Å². The molecule has 0 spiro atoms. The average Bonchev–Trinajstić information content (AvgIpc) is 3.39. The topological polar surface area (TPSA) is 62.3 Å². The van der Waals surface area contributed by atoms with E-state index in [-0.39, 0.29) is 6.04 Å². The first-order valence-corrected chi connectivity index (χ1v) is 10.8. The molecule has 6 nitrogen and oxygen atoms in total. The number of aryl methyl sites for hydroxylation is 1. The molecule has 0 bridgehead atoms. The number of nitrogens with one attached hydrogen (secondary N) is 2. The first kappa shape index (κ1) is 18.0. The Labute approximate surface area is 168 Å². The number of morpholine rings is 1. The van der Waals surface area contributed by atoms with Crippen molar-refractivity contribution in [2.45, 2.75) is 32.4 Å². The third-order valence-electron chi connectivity index (χ3n) is 5.71. The lowest BCUT2D eigenvalue weighted by Gasteiger charge is -2.34. The van der Waals surface area contributed by atoms with Crippen molar-refractivity contribution in [3.05, 3.63) is 40.3 Å². The van der Waals surface area contributed by atoms with Gasteiger partial charge in [-0.2, -0.15) is 11.3 Å². The van der Waals surface area contributed by atoms with E-state index in [2.05, 4.69) is 52.5 Å². The van der Waals surface area contributed by atoms with Gasteiger partial charge in [0, 0.05) is 24.7 Å². The summed E-state index contributed by atoms with van der Waals surface area (Å²) in [7, 11) is 0. The zero-order valence-electron chi connectivity index (χ0n) is 16.2. The molecule has 2 aliphatic rings. The molecule has 3 aromatic rings. The number of anilines is 1. The second-order valence-corrected chi connectivity index (χ2v) is 8.36. The largest absolute Gasteiger partial charge is 0.377 e. The molecule has 3 aromatic heterocycles. The highest BCUT2D eigenvalue weighted by Crippen LogP contribution is 2.37. The van der Waals surface area contributed by atoms with Crippen LogP contribution in [0, 0.1) is 6.92 Å². The Morgan fingerprint density at radius 3 is 2.96 bits per heavy atom. The van der Waals surface area contributed by atoms with Gasteiger partial charge in [0.25, 0.3) is 0 Å². The predicted octanol–water partition coefficient (Wildman–Crippen LogP) is 3.43. The third kappa shape index (κ3) is 3.08. The van der Waals surface area contributed by atoms with E-state index in [1.165, 1.54) is 22.1 Å². The molecule has 5 heterocycles. The van der Waals surface area contributed by atoms with Gasteiger partial charge in [-0.15, -0.1) is 0 Å². The Kier molecular flexibility index (Phi) is 4.76. The van der Waals surface area contributed by atoms with Gasteiger partial charge in [-0.25, -0.2) is 10.4 Å². The van der Waals surface area contributed by atoms with E-state index in [0.717, 1.165) is 49.8 Å². The third-order valence-corrected chi connectivity index (χ3v) is 6.58. The smallest absolute Gasteiger partial charge is 0.130 e. The molecule has 146 valence electrons. The van der Waals surface area contributed by atoms with E-state index in [9.17, 15) is 0 Å².